The Hall–Kier alpha value is -2.87. The predicted octanol–water partition coefficient (Wildman–Crippen LogP) is 3.01. The van der Waals surface area contributed by atoms with Gasteiger partial charge in [-0.2, -0.15) is 0 Å². The van der Waals surface area contributed by atoms with Gasteiger partial charge in [0.15, 0.2) is 0 Å². The summed E-state index contributed by atoms with van der Waals surface area (Å²) in [6, 6.07) is 9.44. The third kappa shape index (κ3) is 4.65. The van der Waals surface area contributed by atoms with Gasteiger partial charge < -0.3 is 5.32 Å². The van der Waals surface area contributed by atoms with E-state index in [1.165, 1.54) is 35.0 Å². The van der Waals surface area contributed by atoms with Crippen LogP contribution in [0.5, 0.6) is 0 Å². The first kappa shape index (κ1) is 18.9. The number of amides is 1. The number of hydrogen-bond acceptors (Lipinski definition) is 4. The molecule has 0 saturated carbocycles. The van der Waals surface area contributed by atoms with Gasteiger partial charge in [-0.3, -0.25) is 4.79 Å². The molecule has 1 aromatic heterocycles. The molecule has 1 unspecified atom stereocenters. The van der Waals surface area contributed by atoms with Crippen molar-refractivity contribution >= 4 is 17.5 Å². The first-order chi connectivity index (χ1) is 12.9. The van der Waals surface area contributed by atoms with E-state index in [2.05, 4.69) is 20.8 Å². The van der Waals surface area contributed by atoms with Crippen LogP contribution in [0.25, 0.3) is 0 Å². The predicted molar refractivity (Wildman–Crippen MR) is 95.0 cm³/mol. The average molecular weight is 392 g/mol. The van der Waals surface area contributed by atoms with Crippen molar-refractivity contribution < 1.29 is 13.6 Å². The first-order valence-corrected chi connectivity index (χ1v) is 8.52. The van der Waals surface area contributed by atoms with Crippen LogP contribution in [0.4, 0.5) is 8.78 Å². The summed E-state index contributed by atoms with van der Waals surface area (Å²) in [5, 5.41) is 14.0. The highest BCUT2D eigenvalue weighted by Gasteiger charge is 2.24. The molecule has 1 amide bonds. The normalized spacial score (nSPS) is 12.0. The number of aromatic nitrogens is 4. The second-order valence-corrected chi connectivity index (χ2v) is 6.39. The highest BCUT2D eigenvalue weighted by Crippen LogP contribution is 2.18. The Kier molecular flexibility index (Phi) is 5.75. The number of halogens is 3. The van der Waals surface area contributed by atoms with Crippen molar-refractivity contribution in [1.29, 1.82) is 0 Å². The number of rotatable bonds is 6. The van der Waals surface area contributed by atoms with Crippen molar-refractivity contribution in [3.63, 3.8) is 0 Å². The van der Waals surface area contributed by atoms with Crippen molar-refractivity contribution in [3.05, 3.63) is 76.1 Å². The molecule has 0 spiro atoms. The van der Waals surface area contributed by atoms with Crippen LogP contribution in [0.15, 0.2) is 42.5 Å². The lowest BCUT2D eigenvalue weighted by molar-refractivity contribution is -0.124. The highest BCUT2D eigenvalue weighted by molar-refractivity contribution is 6.30. The molecule has 0 fully saturated rings. The maximum atomic E-state index is 13.5. The van der Waals surface area contributed by atoms with E-state index in [9.17, 15) is 13.6 Å². The summed E-state index contributed by atoms with van der Waals surface area (Å²) in [7, 11) is 0. The molecule has 0 radical (unpaired) electrons. The summed E-state index contributed by atoms with van der Waals surface area (Å²) >= 11 is 5.76. The zero-order chi connectivity index (χ0) is 19.4. The quantitative estimate of drug-likeness (QED) is 0.701. The molecule has 0 aliphatic carbocycles. The zero-order valence-electron chi connectivity index (χ0n) is 14.4. The van der Waals surface area contributed by atoms with Gasteiger partial charge in [-0.05, 0) is 52.7 Å². The third-order valence-electron chi connectivity index (χ3n) is 4.02. The lowest BCUT2D eigenvalue weighted by Crippen LogP contribution is -2.34. The van der Waals surface area contributed by atoms with E-state index in [4.69, 9.17) is 11.6 Å². The summed E-state index contributed by atoms with van der Waals surface area (Å²) in [6.07, 6.45) is 0.208. The molecule has 0 saturated heterocycles. The van der Waals surface area contributed by atoms with Gasteiger partial charge in [0.25, 0.3) is 0 Å². The lowest BCUT2D eigenvalue weighted by atomic mass is 10.0. The number of benzene rings is 2. The fourth-order valence-electron chi connectivity index (χ4n) is 2.66. The minimum atomic E-state index is -0.766. The van der Waals surface area contributed by atoms with Crippen molar-refractivity contribution in [2.45, 2.75) is 25.9 Å². The third-order valence-corrected chi connectivity index (χ3v) is 4.31. The van der Waals surface area contributed by atoms with Gasteiger partial charge >= 0.3 is 0 Å². The standard InChI is InChI=1S/C18H16ClF2N5O/c1-11-23-24-25-26(11)17(9-12-3-2-4-14(20)7-12)18(27)22-10-13-5-6-16(21)15(19)8-13/h2-8,17H,9-10H2,1H3,(H,22,27). The fraction of sp³-hybridized carbons (Fsp3) is 0.222. The fourth-order valence-corrected chi connectivity index (χ4v) is 2.86. The molecule has 9 heteroatoms. The summed E-state index contributed by atoms with van der Waals surface area (Å²) in [6.45, 7) is 1.82. The largest absolute Gasteiger partial charge is 0.350 e. The minimum Gasteiger partial charge on any atom is -0.350 e. The second kappa shape index (κ2) is 8.22. The zero-order valence-corrected chi connectivity index (χ0v) is 15.1. The lowest BCUT2D eigenvalue weighted by Gasteiger charge is -2.18. The van der Waals surface area contributed by atoms with E-state index in [0.717, 1.165) is 0 Å². The monoisotopic (exact) mass is 391 g/mol. The number of aryl methyl sites for hydroxylation is 1. The number of nitrogens with zero attached hydrogens (tertiary/aromatic N) is 4. The smallest absolute Gasteiger partial charge is 0.245 e. The molecule has 0 bridgehead atoms. The maximum absolute atomic E-state index is 13.5. The van der Waals surface area contributed by atoms with Gasteiger partial charge in [0, 0.05) is 13.0 Å². The minimum absolute atomic E-state index is 0.0191. The van der Waals surface area contributed by atoms with Crippen molar-refractivity contribution in [2.24, 2.45) is 0 Å². The van der Waals surface area contributed by atoms with E-state index in [-0.39, 0.29) is 29.7 Å². The van der Waals surface area contributed by atoms with Gasteiger partial charge in [0.1, 0.15) is 23.5 Å². The van der Waals surface area contributed by atoms with E-state index >= 15 is 0 Å². The topological polar surface area (TPSA) is 72.7 Å². The molecule has 1 heterocycles. The molecule has 6 nitrogen and oxygen atoms in total. The van der Waals surface area contributed by atoms with Gasteiger partial charge in [0.2, 0.25) is 5.91 Å². The molecular weight excluding hydrogens is 376 g/mol. The van der Waals surface area contributed by atoms with Crippen molar-refractivity contribution in [2.75, 3.05) is 0 Å². The Balaban J connectivity index is 1.78. The number of hydrogen-bond donors (Lipinski definition) is 1. The number of carbonyl (C=O) groups excluding carboxylic acids is 1. The summed E-state index contributed by atoms with van der Waals surface area (Å²) in [5.74, 6) is -0.812. The summed E-state index contributed by atoms with van der Waals surface area (Å²) in [4.78, 5) is 12.8. The Morgan fingerprint density at radius 3 is 2.70 bits per heavy atom. The molecule has 27 heavy (non-hydrogen) atoms. The molecule has 0 aliphatic rings. The number of nitrogens with one attached hydrogen (secondary N) is 1. The van der Waals surface area contributed by atoms with Crippen LogP contribution in [0.3, 0.4) is 0 Å². The summed E-state index contributed by atoms with van der Waals surface area (Å²) < 4.78 is 28.1. The number of tetrazole rings is 1. The van der Waals surface area contributed by atoms with Crippen LogP contribution in [0, 0.1) is 18.6 Å². The van der Waals surface area contributed by atoms with Gasteiger partial charge in [-0.25, -0.2) is 13.5 Å². The Morgan fingerprint density at radius 2 is 2.04 bits per heavy atom. The molecule has 0 aliphatic heterocycles. The van der Waals surface area contributed by atoms with Gasteiger partial charge in [-0.1, -0.05) is 29.8 Å². The first-order valence-electron chi connectivity index (χ1n) is 8.14. The molecule has 3 aromatic rings. The molecule has 1 N–H and O–H groups in total. The van der Waals surface area contributed by atoms with Crippen molar-refractivity contribution in [1.82, 2.24) is 25.5 Å². The average Bonchev–Trinajstić information content (AvgIpc) is 3.06. The van der Waals surface area contributed by atoms with E-state index in [1.807, 2.05) is 0 Å². The van der Waals surface area contributed by atoms with Gasteiger partial charge in [0.05, 0.1) is 5.02 Å². The molecule has 2 aromatic carbocycles. The van der Waals surface area contributed by atoms with Crippen LogP contribution in [-0.4, -0.2) is 26.1 Å². The van der Waals surface area contributed by atoms with Crippen LogP contribution in [0.2, 0.25) is 5.02 Å². The Morgan fingerprint density at radius 1 is 1.22 bits per heavy atom. The van der Waals surface area contributed by atoms with Gasteiger partial charge in [-0.15, -0.1) is 5.10 Å². The number of carbonyl (C=O) groups is 1. The highest BCUT2D eigenvalue weighted by atomic mass is 35.5. The van der Waals surface area contributed by atoms with Crippen LogP contribution in [0.1, 0.15) is 23.0 Å². The molecule has 140 valence electrons. The Bertz CT molecular complexity index is 962. The van der Waals surface area contributed by atoms with E-state index in [1.54, 1.807) is 19.1 Å². The van der Waals surface area contributed by atoms with Crippen LogP contribution >= 0.6 is 11.6 Å². The molecular formula is C18H16ClF2N5O. The van der Waals surface area contributed by atoms with Crippen LogP contribution in [-0.2, 0) is 17.8 Å². The second-order valence-electron chi connectivity index (χ2n) is 5.99. The summed E-state index contributed by atoms with van der Waals surface area (Å²) in [5.41, 5.74) is 1.28. The molecule has 3 rings (SSSR count). The molecule has 1 atom stereocenters. The SMILES string of the molecule is Cc1nnnn1C(Cc1cccc(F)c1)C(=O)NCc1ccc(F)c(Cl)c1. The van der Waals surface area contributed by atoms with Crippen LogP contribution < -0.4 is 5.32 Å². The van der Waals surface area contributed by atoms with E-state index < -0.39 is 11.9 Å². The Labute approximate surface area is 159 Å². The van der Waals surface area contributed by atoms with Crippen molar-refractivity contribution in [3.8, 4) is 0 Å². The maximum Gasteiger partial charge on any atom is 0.245 e. The van der Waals surface area contributed by atoms with E-state index in [0.29, 0.717) is 17.0 Å².